The maximum atomic E-state index is 14.7. The van der Waals surface area contributed by atoms with Crippen molar-refractivity contribution >= 4 is 23.3 Å². The molecule has 0 spiro atoms. The van der Waals surface area contributed by atoms with Gasteiger partial charge in [-0.3, -0.25) is 4.79 Å². The lowest BCUT2D eigenvalue weighted by molar-refractivity contribution is -0.130. The number of rotatable bonds is 13. The number of para-hydroxylation sites is 1. The van der Waals surface area contributed by atoms with Gasteiger partial charge in [0, 0.05) is 31.3 Å². The predicted molar refractivity (Wildman–Crippen MR) is 143 cm³/mol. The van der Waals surface area contributed by atoms with Crippen LogP contribution in [0.5, 0.6) is 0 Å². The van der Waals surface area contributed by atoms with Crippen molar-refractivity contribution in [1.82, 2.24) is 4.90 Å². The van der Waals surface area contributed by atoms with Gasteiger partial charge in [-0.25, -0.2) is 9.18 Å². The van der Waals surface area contributed by atoms with E-state index in [1.54, 1.807) is 47.4 Å². The molecule has 0 aromatic heterocycles. The molecule has 6 heteroatoms. The van der Waals surface area contributed by atoms with Crippen LogP contribution in [0.4, 0.5) is 15.8 Å². The summed E-state index contributed by atoms with van der Waals surface area (Å²) >= 11 is 0. The third kappa shape index (κ3) is 7.67. The maximum Gasteiger partial charge on any atom is 0.337 e. The van der Waals surface area contributed by atoms with Crippen LogP contribution in [0.2, 0.25) is 0 Å². The van der Waals surface area contributed by atoms with Gasteiger partial charge in [0.05, 0.1) is 11.3 Å². The van der Waals surface area contributed by atoms with Gasteiger partial charge in [0.15, 0.2) is 0 Å². The minimum absolute atomic E-state index is 0.154. The number of benzene rings is 3. The Bertz CT molecular complexity index is 1160. The fourth-order valence-corrected chi connectivity index (χ4v) is 4.11. The molecule has 0 bridgehead atoms. The van der Waals surface area contributed by atoms with Crippen molar-refractivity contribution in [2.75, 3.05) is 18.9 Å². The second-order valence-electron chi connectivity index (χ2n) is 9.10. The van der Waals surface area contributed by atoms with Crippen LogP contribution in [0.3, 0.4) is 0 Å². The Morgan fingerprint density at radius 3 is 2.39 bits per heavy atom. The van der Waals surface area contributed by atoms with E-state index in [2.05, 4.69) is 12.2 Å². The van der Waals surface area contributed by atoms with Crippen LogP contribution in [0, 0.1) is 5.82 Å². The van der Waals surface area contributed by atoms with Crippen LogP contribution in [-0.4, -0.2) is 35.5 Å². The van der Waals surface area contributed by atoms with Crippen LogP contribution in [0.1, 0.15) is 61.4 Å². The third-order valence-corrected chi connectivity index (χ3v) is 6.32. The van der Waals surface area contributed by atoms with E-state index in [9.17, 15) is 19.1 Å². The summed E-state index contributed by atoms with van der Waals surface area (Å²) in [5.41, 5.74) is 3.56. The van der Waals surface area contributed by atoms with Gasteiger partial charge in [0.2, 0.25) is 5.91 Å². The Hall–Kier alpha value is -3.67. The smallest absolute Gasteiger partial charge is 0.337 e. The fourth-order valence-electron chi connectivity index (χ4n) is 4.11. The average molecular weight is 491 g/mol. The molecule has 0 aliphatic carbocycles. The SMILES string of the molecule is CCCCCCCC(=O)N(C)CCc1ccc(F)c(-c2ccc(Nc3ccccc3C(=O)O)cc2)c1. The quantitative estimate of drug-likeness (QED) is 0.247. The lowest BCUT2D eigenvalue weighted by Gasteiger charge is -2.17. The monoisotopic (exact) mass is 490 g/mol. The molecule has 3 aromatic rings. The molecular weight excluding hydrogens is 455 g/mol. The summed E-state index contributed by atoms with van der Waals surface area (Å²) in [6.07, 6.45) is 6.83. The zero-order valence-corrected chi connectivity index (χ0v) is 21.1. The number of nitrogens with zero attached hydrogens (tertiary/aromatic N) is 1. The highest BCUT2D eigenvalue weighted by Gasteiger charge is 2.12. The summed E-state index contributed by atoms with van der Waals surface area (Å²) in [4.78, 5) is 25.6. The summed E-state index contributed by atoms with van der Waals surface area (Å²) in [6, 6.07) is 19.0. The highest BCUT2D eigenvalue weighted by molar-refractivity contribution is 5.95. The second-order valence-corrected chi connectivity index (χ2v) is 9.10. The summed E-state index contributed by atoms with van der Waals surface area (Å²) in [5, 5.41) is 12.5. The van der Waals surface area contributed by atoms with Gasteiger partial charge in [-0.1, -0.05) is 62.9 Å². The summed E-state index contributed by atoms with van der Waals surface area (Å²) in [5.74, 6) is -1.17. The Balaban J connectivity index is 1.61. The molecular formula is C30H35FN2O3. The number of anilines is 2. The Kier molecular flexibility index (Phi) is 10.0. The molecule has 0 atom stereocenters. The molecule has 0 aliphatic rings. The van der Waals surface area contributed by atoms with Crippen LogP contribution >= 0.6 is 0 Å². The number of unbranched alkanes of at least 4 members (excludes halogenated alkanes) is 4. The summed E-state index contributed by atoms with van der Waals surface area (Å²) < 4.78 is 14.7. The molecule has 0 saturated heterocycles. The van der Waals surface area contributed by atoms with Gasteiger partial charge in [0.25, 0.3) is 0 Å². The largest absolute Gasteiger partial charge is 0.478 e. The molecule has 5 nitrogen and oxygen atoms in total. The van der Waals surface area contributed by atoms with Gasteiger partial charge < -0.3 is 15.3 Å². The van der Waals surface area contributed by atoms with Crippen LogP contribution in [0.25, 0.3) is 11.1 Å². The minimum atomic E-state index is -1.01. The number of carboxylic acid groups (broad SMARTS) is 1. The van der Waals surface area contributed by atoms with Gasteiger partial charge in [0.1, 0.15) is 5.82 Å². The molecule has 3 aromatic carbocycles. The van der Waals surface area contributed by atoms with E-state index in [-0.39, 0.29) is 17.3 Å². The van der Waals surface area contributed by atoms with Gasteiger partial charge in [-0.05, 0) is 60.4 Å². The standard InChI is InChI=1S/C30H35FN2O3/c1-3-4-5-6-7-12-29(34)33(2)20-19-22-13-18-27(31)26(21-22)23-14-16-24(17-15-23)32-28-11-9-8-10-25(28)30(35)36/h8-11,13-18,21,32H,3-7,12,19-20H2,1-2H3,(H,35,36). The third-order valence-electron chi connectivity index (χ3n) is 6.32. The van der Waals surface area contributed by atoms with E-state index in [1.165, 1.54) is 25.3 Å². The number of amides is 1. The normalized spacial score (nSPS) is 10.8. The van der Waals surface area contributed by atoms with Crippen molar-refractivity contribution in [3.8, 4) is 11.1 Å². The van der Waals surface area contributed by atoms with Crippen LogP contribution < -0.4 is 5.32 Å². The number of hydrogen-bond donors (Lipinski definition) is 2. The number of halogens is 1. The zero-order valence-electron chi connectivity index (χ0n) is 21.1. The summed E-state index contributed by atoms with van der Waals surface area (Å²) in [6.45, 7) is 2.76. The Morgan fingerprint density at radius 1 is 0.944 bits per heavy atom. The first kappa shape index (κ1) is 26.9. The molecule has 190 valence electrons. The van der Waals surface area contributed by atoms with E-state index < -0.39 is 5.97 Å². The Labute approximate surface area is 213 Å². The molecule has 3 rings (SSSR count). The average Bonchev–Trinajstić information content (AvgIpc) is 2.88. The number of nitrogens with one attached hydrogen (secondary N) is 1. The van der Waals surface area contributed by atoms with E-state index in [1.807, 2.05) is 25.2 Å². The van der Waals surface area contributed by atoms with E-state index in [4.69, 9.17) is 0 Å². The highest BCUT2D eigenvalue weighted by Crippen LogP contribution is 2.28. The number of carbonyl (C=O) groups is 2. The van der Waals surface area contributed by atoms with Gasteiger partial charge >= 0.3 is 5.97 Å². The molecule has 1 amide bonds. The van der Waals surface area contributed by atoms with E-state index in [0.717, 1.165) is 24.0 Å². The first-order valence-corrected chi connectivity index (χ1v) is 12.6. The lowest BCUT2D eigenvalue weighted by Crippen LogP contribution is -2.28. The molecule has 0 saturated carbocycles. The highest BCUT2D eigenvalue weighted by atomic mass is 19.1. The van der Waals surface area contributed by atoms with Crippen LogP contribution in [0.15, 0.2) is 66.7 Å². The molecule has 0 heterocycles. The number of likely N-dealkylation sites (N-methyl/N-ethyl adjacent to an activating group) is 1. The molecule has 2 N–H and O–H groups in total. The molecule has 0 aliphatic heterocycles. The van der Waals surface area contributed by atoms with Gasteiger partial charge in [-0.2, -0.15) is 0 Å². The number of carboxylic acids is 1. The van der Waals surface area contributed by atoms with E-state index >= 15 is 0 Å². The first-order valence-electron chi connectivity index (χ1n) is 12.6. The maximum absolute atomic E-state index is 14.7. The van der Waals surface area contributed by atoms with Crippen molar-refractivity contribution in [2.45, 2.75) is 51.9 Å². The van der Waals surface area contributed by atoms with E-state index in [0.29, 0.717) is 36.3 Å². The number of aromatic carboxylic acids is 1. The lowest BCUT2D eigenvalue weighted by atomic mass is 10.0. The van der Waals surface area contributed by atoms with Crippen molar-refractivity contribution < 1.29 is 19.1 Å². The molecule has 0 unspecified atom stereocenters. The first-order chi connectivity index (χ1) is 17.4. The van der Waals surface area contributed by atoms with Gasteiger partial charge in [-0.15, -0.1) is 0 Å². The Morgan fingerprint density at radius 2 is 1.67 bits per heavy atom. The molecule has 0 fully saturated rings. The zero-order chi connectivity index (χ0) is 25.9. The number of hydrogen-bond acceptors (Lipinski definition) is 3. The van der Waals surface area contributed by atoms with Crippen molar-refractivity contribution in [2.24, 2.45) is 0 Å². The van der Waals surface area contributed by atoms with Crippen LogP contribution in [-0.2, 0) is 11.2 Å². The summed E-state index contributed by atoms with van der Waals surface area (Å²) in [7, 11) is 1.83. The fraction of sp³-hybridized carbons (Fsp3) is 0.333. The number of carbonyl (C=O) groups excluding carboxylic acids is 1. The second kappa shape index (κ2) is 13.4. The minimum Gasteiger partial charge on any atom is -0.478 e. The van der Waals surface area contributed by atoms with Crippen molar-refractivity contribution in [3.63, 3.8) is 0 Å². The molecule has 0 radical (unpaired) electrons. The van der Waals surface area contributed by atoms with Crippen molar-refractivity contribution in [3.05, 3.63) is 83.7 Å². The van der Waals surface area contributed by atoms with Crippen molar-refractivity contribution in [1.29, 1.82) is 0 Å². The topological polar surface area (TPSA) is 69.6 Å². The predicted octanol–water partition coefficient (Wildman–Crippen LogP) is 7.30. The molecule has 36 heavy (non-hydrogen) atoms.